The molecule has 4 rings (SSSR count). The molecule has 0 unspecified atom stereocenters. The van der Waals surface area contributed by atoms with Gasteiger partial charge in [0.15, 0.2) is 17.8 Å². The van der Waals surface area contributed by atoms with Crippen molar-refractivity contribution in [1.29, 1.82) is 0 Å². The summed E-state index contributed by atoms with van der Waals surface area (Å²) in [5.74, 6) is 0.457. The predicted octanol–water partition coefficient (Wildman–Crippen LogP) is 3.07. The van der Waals surface area contributed by atoms with Crippen molar-refractivity contribution in [3.8, 4) is 17.1 Å². The maximum Gasteiger partial charge on any atom is 0.277 e. The first-order valence-corrected chi connectivity index (χ1v) is 10.9. The lowest BCUT2D eigenvalue weighted by Gasteiger charge is -2.23. The number of hydrogen-bond donors (Lipinski definition) is 1. The van der Waals surface area contributed by atoms with Crippen molar-refractivity contribution in [3.63, 3.8) is 0 Å². The fourth-order valence-electron chi connectivity index (χ4n) is 3.97. The highest BCUT2D eigenvalue weighted by atomic mass is 16.5. The summed E-state index contributed by atoms with van der Waals surface area (Å²) in [6.45, 7) is 2.97. The number of likely N-dealkylation sites (tertiary alicyclic amines) is 1. The van der Waals surface area contributed by atoms with Gasteiger partial charge in [0.2, 0.25) is 5.91 Å². The van der Waals surface area contributed by atoms with Crippen LogP contribution in [0.25, 0.3) is 11.3 Å². The van der Waals surface area contributed by atoms with Crippen LogP contribution in [0.3, 0.4) is 0 Å². The molecule has 2 amide bonds. The summed E-state index contributed by atoms with van der Waals surface area (Å²) in [4.78, 5) is 32.2. The summed E-state index contributed by atoms with van der Waals surface area (Å²) in [6, 6.07) is 16.3. The molecule has 0 bridgehead atoms. The number of nitrogens with one attached hydrogen (secondary N) is 1. The highest BCUT2D eigenvalue weighted by Gasteiger charge is 2.42. The predicted molar refractivity (Wildman–Crippen MR) is 122 cm³/mol. The van der Waals surface area contributed by atoms with Crippen molar-refractivity contribution in [1.82, 2.24) is 15.2 Å². The van der Waals surface area contributed by atoms with E-state index in [4.69, 9.17) is 13.9 Å². The van der Waals surface area contributed by atoms with Crippen molar-refractivity contribution in [2.75, 3.05) is 26.8 Å². The molecule has 1 aliphatic rings. The summed E-state index contributed by atoms with van der Waals surface area (Å²) in [5.41, 5.74) is 1.97. The van der Waals surface area contributed by atoms with Gasteiger partial charge in [-0.15, -0.1) is 0 Å². The summed E-state index contributed by atoms with van der Waals surface area (Å²) >= 11 is 0. The lowest BCUT2D eigenvalue weighted by Crippen LogP contribution is -2.46. The molecular weight excluding hydrogens is 422 g/mol. The number of aryl methyl sites for hydroxylation is 1. The number of methoxy groups -OCH3 is 1. The van der Waals surface area contributed by atoms with Gasteiger partial charge in [-0.1, -0.05) is 42.0 Å². The third kappa shape index (κ3) is 5.23. The van der Waals surface area contributed by atoms with Gasteiger partial charge in [0.25, 0.3) is 5.91 Å². The maximum absolute atomic E-state index is 13.6. The minimum atomic E-state index is -0.690. The van der Waals surface area contributed by atoms with Gasteiger partial charge >= 0.3 is 0 Å². The van der Waals surface area contributed by atoms with Gasteiger partial charge in [-0.2, -0.15) is 0 Å². The Bertz CT molecular complexity index is 1100. The molecule has 8 nitrogen and oxygen atoms in total. The molecule has 0 saturated carbocycles. The molecule has 0 radical (unpaired) electrons. The molecule has 2 atom stereocenters. The van der Waals surface area contributed by atoms with Crippen molar-refractivity contribution in [3.05, 3.63) is 72.2 Å². The second-order valence-corrected chi connectivity index (χ2v) is 7.95. The number of ether oxygens (including phenoxy) is 2. The number of aromatic nitrogens is 1. The van der Waals surface area contributed by atoms with Crippen LogP contribution in [-0.2, 0) is 9.53 Å². The molecule has 172 valence electrons. The number of benzene rings is 2. The lowest BCUT2D eigenvalue weighted by atomic mass is 10.1. The SMILES string of the molecule is COCCNC(=O)[C@@H]1C[C@H](Oc2ccccc2)CN1C(=O)c1ncoc1-c1cccc(C)c1. The molecule has 1 fully saturated rings. The Hall–Kier alpha value is -3.65. The lowest BCUT2D eigenvalue weighted by molar-refractivity contribution is -0.125. The second-order valence-electron chi connectivity index (χ2n) is 7.95. The van der Waals surface area contributed by atoms with Crippen LogP contribution in [0.2, 0.25) is 0 Å². The van der Waals surface area contributed by atoms with Crippen LogP contribution in [0.5, 0.6) is 5.75 Å². The van der Waals surface area contributed by atoms with Gasteiger partial charge < -0.3 is 24.1 Å². The number of nitrogens with zero attached hydrogens (tertiary/aromatic N) is 2. The van der Waals surface area contributed by atoms with Crippen LogP contribution in [0.15, 0.2) is 65.4 Å². The van der Waals surface area contributed by atoms with Gasteiger partial charge in [-0.3, -0.25) is 9.59 Å². The molecule has 2 heterocycles. The quantitative estimate of drug-likeness (QED) is 0.531. The minimum Gasteiger partial charge on any atom is -0.488 e. The fraction of sp³-hybridized carbons (Fsp3) is 0.320. The van der Waals surface area contributed by atoms with Crippen LogP contribution >= 0.6 is 0 Å². The Morgan fingerprint density at radius 2 is 2.00 bits per heavy atom. The van der Waals surface area contributed by atoms with E-state index in [2.05, 4.69) is 10.3 Å². The maximum atomic E-state index is 13.6. The van der Waals surface area contributed by atoms with E-state index < -0.39 is 6.04 Å². The zero-order valence-electron chi connectivity index (χ0n) is 18.7. The summed E-state index contributed by atoms with van der Waals surface area (Å²) in [5, 5.41) is 2.84. The number of carbonyl (C=O) groups is 2. The monoisotopic (exact) mass is 449 g/mol. The van der Waals surface area contributed by atoms with Crippen LogP contribution in [0, 0.1) is 6.92 Å². The zero-order chi connectivity index (χ0) is 23.2. The number of rotatable bonds is 8. The Morgan fingerprint density at radius 3 is 2.76 bits per heavy atom. The van der Waals surface area contributed by atoms with E-state index in [1.54, 1.807) is 7.11 Å². The molecule has 1 saturated heterocycles. The minimum absolute atomic E-state index is 0.177. The van der Waals surface area contributed by atoms with E-state index in [1.165, 1.54) is 11.3 Å². The third-order valence-corrected chi connectivity index (χ3v) is 5.53. The summed E-state index contributed by atoms with van der Waals surface area (Å²) in [7, 11) is 1.57. The van der Waals surface area contributed by atoms with E-state index >= 15 is 0 Å². The summed E-state index contributed by atoms with van der Waals surface area (Å²) in [6.07, 6.45) is 1.30. The van der Waals surface area contributed by atoms with Crippen molar-refractivity contribution in [2.24, 2.45) is 0 Å². The normalized spacial score (nSPS) is 17.7. The molecule has 33 heavy (non-hydrogen) atoms. The van der Waals surface area contributed by atoms with Crippen LogP contribution in [0.1, 0.15) is 22.5 Å². The number of amides is 2. The Labute approximate surface area is 192 Å². The number of para-hydroxylation sites is 1. The van der Waals surface area contributed by atoms with Crippen LogP contribution in [-0.4, -0.2) is 60.7 Å². The van der Waals surface area contributed by atoms with E-state index in [1.807, 2.05) is 61.5 Å². The molecule has 1 aliphatic heterocycles. The van der Waals surface area contributed by atoms with E-state index in [0.29, 0.717) is 31.1 Å². The Kier molecular flexibility index (Phi) is 7.04. The van der Waals surface area contributed by atoms with Crippen LogP contribution in [0.4, 0.5) is 0 Å². The average Bonchev–Trinajstić information content (AvgIpc) is 3.47. The topological polar surface area (TPSA) is 93.9 Å². The first-order valence-electron chi connectivity index (χ1n) is 10.9. The molecule has 8 heteroatoms. The zero-order valence-corrected chi connectivity index (χ0v) is 18.7. The van der Waals surface area contributed by atoms with Gasteiger partial charge in [0.1, 0.15) is 17.9 Å². The van der Waals surface area contributed by atoms with Crippen molar-refractivity contribution < 1.29 is 23.5 Å². The van der Waals surface area contributed by atoms with Gasteiger partial charge in [-0.05, 0) is 25.1 Å². The second kappa shape index (κ2) is 10.3. The van der Waals surface area contributed by atoms with Gasteiger partial charge in [0, 0.05) is 25.6 Å². The highest BCUT2D eigenvalue weighted by molar-refractivity contribution is 6.00. The first-order chi connectivity index (χ1) is 16.1. The third-order valence-electron chi connectivity index (χ3n) is 5.53. The molecular formula is C25H27N3O5. The smallest absolute Gasteiger partial charge is 0.277 e. The number of hydrogen-bond acceptors (Lipinski definition) is 6. The molecule has 1 aromatic heterocycles. The number of oxazole rings is 1. The standard InChI is InChI=1S/C25H27N3O5/c1-17-7-6-8-18(13-17)23-22(27-16-32-23)25(30)28-15-20(33-19-9-4-3-5-10-19)14-21(28)24(29)26-11-12-31-2/h3-10,13,16,20-21H,11-12,14-15H2,1-2H3,(H,26,29)/t20-,21-/m0/s1. The fourth-order valence-corrected chi connectivity index (χ4v) is 3.97. The van der Waals surface area contributed by atoms with Crippen molar-refractivity contribution in [2.45, 2.75) is 25.5 Å². The van der Waals surface area contributed by atoms with Gasteiger partial charge in [-0.25, -0.2) is 4.98 Å². The largest absolute Gasteiger partial charge is 0.488 e. The Balaban J connectivity index is 1.58. The van der Waals surface area contributed by atoms with Crippen LogP contribution < -0.4 is 10.1 Å². The van der Waals surface area contributed by atoms with E-state index in [9.17, 15) is 9.59 Å². The molecule has 1 N–H and O–H groups in total. The first kappa shape index (κ1) is 22.5. The van der Waals surface area contributed by atoms with Gasteiger partial charge in [0.05, 0.1) is 13.2 Å². The van der Waals surface area contributed by atoms with E-state index in [-0.39, 0.29) is 30.2 Å². The molecule has 0 spiro atoms. The highest BCUT2D eigenvalue weighted by Crippen LogP contribution is 2.29. The van der Waals surface area contributed by atoms with E-state index in [0.717, 1.165) is 11.1 Å². The summed E-state index contributed by atoms with van der Waals surface area (Å²) < 4.78 is 16.7. The van der Waals surface area contributed by atoms with Crippen molar-refractivity contribution >= 4 is 11.8 Å². The average molecular weight is 450 g/mol. The Morgan fingerprint density at radius 1 is 1.18 bits per heavy atom. The number of carbonyl (C=O) groups excluding carboxylic acids is 2. The molecule has 0 aliphatic carbocycles. The molecule has 2 aromatic carbocycles. The molecule has 3 aromatic rings.